The topological polar surface area (TPSA) is 0 Å². The van der Waals surface area contributed by atoms with Gasteiger partial charge < -0.3 is 0 Å². The van der Waals surface area contributed by atoms with Gasteiger partial charge in [0.05, 0.1) is 0 Å². The second-order valence-corrected chi connectivity index (χ2v) is 21.1. The molecule has 278 valence electrons. The summed E-state index contributed by atoms with van der Waals surface area (Å²) in [7, 11) is 0. The zero-order chi connectivity index (χ0) is 39.1. The molecule has 0 nitrogen and oxygen atoms in total. The number of rotatable bonds is 4. The lowest BCUT2D eigenvalue weighted by Crippen LogP contribution is -2.30. The van der Waals surface area contributed by atoms with Crippen molar-refractivity contribution in [3.63, 3.8) is 0 Å². The minimum absolute atomic E-state index is 0.0621. The molecule has 0 N–H and O–H groups in total. The van der Waals surface area contributed by atoms with Crippen LogP contribution in [-0.2, 0) is 21.7 Å². The van der Waals surface area contributed by atoms with Crippen molar-refractivity contribution in [3.05, 3.63) is 156 Å². The van der Waals surface area contributed by atoms with Crippen LogP contribution >= 0.6 is 0 Å². The molecule has 0 spiro atoms. The predicted octanol–water partition coefficient (Wildman–Crippen LogP) is 12.9. The van der Waals surface area contributed by atoms with Gasteiger partial charge in [-0.1, -0.05) is 190 Å². The molecular formula is C53H66. The van der Waals surface area contributed by atoms with Crippen LogP contribution in [0.5, 0.6) is 0 Å². The molecule has 0 heterocycles. The highest BCUT2D eigenvalue weighted by Gasteiger charge is 2.32. The van der Waals surface area contributed by atoms with Gasteiger partial charge in [-0.2, -0.15) is 0 Å². The third kappa shape index (κ3) is 7.45. The molecule has 1 atom stereocenters. The molecule has 0 radical (unpaired) electrons. The van der Waals surface area contributed by atoms with Crippen LogP contribution in [0.25, 0.3) is 17.2 Å². The maximum atomic E-state index is 2.57. The summed E-state index contributed by atoms with van der Waals surface area (Å²) in [6.07, 6.45) is 8.72. The van der Waals surface area contributed by atoms with Crippen LogP contribution in [0.2, 0.25) is 0 Å². The van der Waals surface area contributed by atoms with Crippen LogP contribution in [0.3, 0.4) is 0 Å². The van der Waals surface area contributed by atoms with E-state index in [4.69, 9.17) is 0 Å². The first kappa shape index (κ1) is 38.8. The third-order valence-corrected chi connectivity index (χ3v) is 11.7. The quantitative estimate of drug-likeness (QED) is 0.175. The van der Waals surface area contributed by atoms with E-state index < -0.39 is 0 Å². The highest BCUT2D eigenvalue weighted by Crippen LogP contribution is 2.43. The van der Waals surface area contributed by atoms with E-state index in [1.165, 1.54) is 82.1 Å². The second kappa shape index (κ2) is 13.1. The third-order valence-electron chi connectivity index (χ3n) is 11.7. The Morgan fingerprint density at radius 2 is 1.00 bits per heavy atom. The van der Waals surface area contributed by atoms with Gasteiger partial charge in [-0.3, -0.25) is 0 Å². The maximum Gasteiger partial charge on any atom is 0.00278 e. The van der Waals surface area contributed by atoms with Crippen LogP contribution in [0.1, 0.15) is 162 Å². The fourth-order valence-electron chi connectivity index (χ4n) is 8.18. The molecule has 0 saturated heterocycles. The van der Waals surface area contributed by atoms with Crippen LogP contribution < -0.4 is 10.4 Å². The van der Waals surface area contributed by atoms with E-state index in [9.17, 15) is 0 Å². The van der Waals surface area contributed by atoms with Crippen molar-refractivity contribution in [2.24, 2.45) is 11.3 Å². The Balaban J connectivity index is 1.90. The molecule has 2 aliphatic rings. The average Bonchev–Trinajstić information content (AvgIpc) is 3.65. The van der Waals surface area contributed by atoms with E-state index in [1.807, 2.05) is 0 Å². The van der Waals surface area contributed by atoms with E-state index in [0.29, 0.717) is 5.92 Å². The Hall–Kier alpha value is -3.90. The van der Waals surface area contributed by atoms with E-state index in [2.05, 4.69) is 202 Å². The molecule has 0 saturated carbocycles. The summed E-state index contributed by atoms with van der Waals surface area (Å²) in [5.41, 5.74) is 15.2. The average molecular weight is 703 g/mol. The van der Waals surface area contributed by atoms with Crippen molar-refractivity contribution in [1.29, 1.82) is 0 Å². The van der Waals surface area contributed by atoms with Crippen molar-refractivity contribution in [2.75, 3.05) is 0 Å². The van der Waals surface area contributed by atoms with Crippen LogP contribution in [0.15, 0.2) is 90.5 Å². The molecule has 0 amide bonds. The predicted molar refractivity (Wildman–Crippen MR) is 232 cm³/mol. The Labute approximate surface area is 322 Å². The summed E-state index contributed by atoms with van der Waals surface area (Å²) in [6, 6.07) is 28.8. The number of fused-ring (bicyclic) bond motifs is 2. The molecule has 2 aliphatic carbocycles. The SMILES string of the molecule is CCC1C=C(C(C)(C)C)C=C1c1c2c(cc(C(C)(C)C)c1=C(c1ccc(C(C)(C)C)cc1)c1ccc(C(C)(C)C)cc1)=c1cc(C(C)(C)C)ccc1=C2. The van der Waals surface area contributed by atoms with E-state index in [-0.39, 0.29) is 27.1 Å². The van der Waals surface area contributed by atoms with Gasteiger partial charge in [0.15, 0.2) is 0 Å². The van der Waals surface area contributed by atoms with Crippen LogP contribution in [-0.4, -0.2) is 0 Å². The highest BCUT2D eigenvalue weighted by molar-refractivity contribution is 5.89. The number of allylic oxidation sites excluding steroid dienone is 4. The monoisotopic (exact) mass is 703 g/mol. The molecule has 0 bridgehead atoms. The molecule has 0 aliphatic heterocycles. The van der Waals surface area contributed by atoms with Gasteiger partial charge in [0, 0.05) is 5.92 Å². The Bertz CT molecular complexity index is 2270. The molecule has 6 rings (SSSR count). The number of benzene rings is 4. The van der Waals surface area contributed by atoms with E-state index in [1.54, 1.807) is 0 Å². The van der Waals surface area contributed by atoms with Crippen molar-refractivity contribution in [3.8, 4) is 0 Å². The summed E-state index contributed by atoms with van der Waals surface area (Å²) in [5, 5.41) is 5.45. The molecule has 0 fully saturated rings. The number of hydrogen-bond acceptors (Lipinski definition) is 0. The largest absolute Gasteiger partial charge is 0.0732 e. The molecule has 1 unspecified atom stereocenters. The molecular weight excluding hydrogens is 637 g/mol. The van der Waals surface area contributed by atoms with Crippen molar-refractivity contribution in [2.45, 2.75) is 139 Å². The molecule has 4 aromatic carbocycles. The van der Waals surface area contributed by atoms with Crippen molar-refractivity contribution < 1.29 is 0 Å². The zero-order valence-corrected chi connectivity index (χ0v) is 35.9. The highest BCUT2D eigenvalue weighted by atomic mass is 14.4. The first-order valence-electron chi connectivity index (χ1n) is 20.1. The Morgan fingerprint density at radius 1 is 0.509 bits per heavy atom. The van der Waals surface area contributed by atoms with Gasteiger partial charge >= 0.3 is 0 Å². The lowest BCUT2D eigenvalue weighted by Gasteiger charge is -2.28. The first-order chi connectivity index (χ1) is 24.4. The van der Waals surface area contributed by atoms with Gasteiger partial charge in [-0.05, 0) is 128 Å². The Morgan fingerprint density at radius 3 is 1.43 bits per heavy atom. The summed E-state index contributed by atoms with van der Waals surface area (Å²) in [4.78, 5) is 0. The van der Waals surface area contributed by atoms with Crippen molar-refractivity contribution >= 4 is 17.2 Å². The number of hydrogen-bond donors (Lipinski definition) is 0. The summed E-state index contributed by atoms with van der Waals surface area (Å²) >= 11 is 0. The smallest absolute Gasteiger partial charge is 0.00278 e. The molecule has 0 aromatic heterocycles. The summed E-state index contributed by atoms with van der Waals surface area (Å²) in [6.45, 7) is 37.5. The van der Waals surface area contributed by atoms with Gasteiger partial charge in [-0.25, -0.2) is 0 Å². The zero-order valence-electron chi connectivity index (χ0n) is 35.9. The van der Waals surface area contributed by atoms with Crippen LogP contribution in [0, 0.1) is 21.8 Å². The summed E-state index contributed by atoms with van der Waals surface area (Å²) in [5.74, 6) is 0.345. The van der Waals surface area contributed by atoms with Crippen molar-refractivity contribution in [1.82, 2.24) is 0 Å². The normalized spacial score (nSPS) is 16.2. The molecule has 0 heteroatoms. The fraction of sp³-hybridized carbons (Fsp3) is 0.434. The lowest BCUT2D eigenvalue weighted by atomic mass is 9.76. The van der Waals surface area contributed by atoms with Gasteiger partial charge in [0.2, 0.25) is 0 Å². The van der Waals surface area contributed by atoms with Crippen LogP contribution in [0.4, 0.5) is 0 Å². The van der Waals surface area contributed by atoms with Gasteiger partial charge in [0.1, 0.15) is 0 Å². The van der Waals surface area contributed by atoms with E-state index >= 15 is 0 Å². The minimum Gasteiger partial charge on any atom is -0.0732 e. The van der Waals surface area contributed by atoms with E-state index in [0.717, 1.165) is 6.42 Å². The van der Waals surface area contributed by atoms with Gasteiger partial charge in [0.25, 0.3) is 0 Å². The Kier molecular flexibility index (Phi) is 9.63. The lowest BCUT2D eigenvalue weighted by molar-refractivity contribution is 0.516. The fourth-order valence-corrected chi connectivity index (χ4v) is 8.18. The summed E-state index contributed by atoms with van der Waals surface area (Å²) < 4.78 is 0. The molecule has 4 aromatic rings. The standard InChI is InChI=1S/C53H66/c1-17-33-28-40(52(11,12)13)31-42(33)47-44-29-36-22-27-39(51(8,9)10)30-41(36)43(44)32-45(53(14,15)16)48(47)46(34-18-23-37(24-19-34)49(2,3)4)35-20-25-38(26-21-35)50(5,6)7/h18-33H,17H2,1-16H3. The second-order valence-electron chi connectivity index (χ2n) is 21.1. The minimum atomic E-state index is -0.118. The maximum absolute atomic E-state index is 2.57. The molecule has 53 heavy (non-hydrogen) atoms. The van der Waals surface area contributed by atoms with Gasteiger partial charge in [-0.15, -0.1) is 0 Å². The first-order valence-corrected chi connectivity index (χ1v) is 20.1.